The van der Waals surface area contributed by atoms with E-state index in [9.17, 15) is 4.79 Å². The van der Waals surface area contributed by atoms with Gasteiger partial charge in [-0.05, 0) is 27.4 Å². The quantitative estimate of drug-likeness (QED) is 0.815. The topological polar surface area (TPSA) is 52.1 Å². The van der Waals surface area contributed by atoms with Gasteiger partial charge >= 0.3 is 0 Å². The molecule has 0 fully saturated rings. The summed E-state index contributed by atoms with van der Waals surface area (Å²) in [4.78, 5) is 20.6. The van der Waals surface area contributed by atoms with Gasteiger partial charge in [-0.25, -0.2) is 9.97 Å². The number of aromatic nitrogens is 2. The average Bonchev–Trinajstić information content (AvgIpc) is 2.76. The van der Waals surface area contributed by atoms with E-state index in [1.165, 1.54) is 24.8 Å². The molecule has 0 spiro atoms. The first-order valence-corrected chi connectivity index (χ1v) is 6.49. The van der Waals surface area contributed by atoms with Gasteiger partial charge in [-0.3, -0.25) is 4.79 Å². The lowest BCUT2D eigenvalue weighted by Crippen LogP contribution is -2.04. The highest BCUT2D eigenvalue weighted by Gasteiger charge is 2.13. The first-order chi connectivity index (χ1) is 8.20. The Morgan fingerprint density at radius 3 is 3.00 bits per heavy atom. The lowest BCUT2D eigenvalue weighted by Gasteiger charge is -2.01. The Morgan fingerprint density at radius 1 is 1.53 bits per heavy atom. The number of Topliss-reactive ketones (excluding diaryl/α,β-unsaturated/α-hetero) is 1. The number of halogens is 1. The van der Waals surface area contributed by atoms with Gasteiger partial charge in [0.15, 0.2) is 5.78 Å². The maximum Gasteiger partial charge on any atom is 0.216 e. The third-order valence-corrected chi connectivity index (χ3v) is 4.00. The van der Waals surface area contributed by atoms with Crippen LogP contribution in [0.25, 0.3) is 0 Å². The lowest BCUT2D eigenvalue weighted by atomic mass is 10.2. The zero-order valence-electron chi connectivity index (χ0n) is 9.01. The average molecular weight is 313 g/mol. The maximum absolute atomic E-state index is 12.0. The number of thiophene rings is 1. The number of ether oxygens (including phenoxy) is 1. The van der Waals surface area contributed by atoms with Gasteiger partial charge in [0.2, 0.25) is 5.88 Å². The summed E-state index contributed by atoms with van der Waals surface area (Å²) < 4.78 is 5.81. The van der Waals surface area contributed by atoms with Crippen LogP contribution in [0.15, 0.2) is 28.3 Å². The van der Waals surface area contributed by atoms with Crippen LogP contribution in [-0.4, -0.2) is 22.9 Å². The number of methoxy groups -OCH3 is 1. The molecule has 88 valence electrons. The van der Waals surface area contributed by atoms with Crippen LogP contribution >= 0.6 is 27.3 Å². The molecule has 6 heteroatoms. The summed E-state index contributed by atoms with van der Waals surface area (Å²) in [7, 11) is 1.53. The minimum atomic E-state index is 0.0348. The first kappa shape index (κ1) is 12.2. The molecule has 0 bridgehead atoms. The van der Waals surface area contributed by atoms with Crippen molar-refractivity contribution in [2.75, 3.05) is 7.11 Å². The predicted octanol–water partition coefficient (Wildman–Crippen LogP) is 2.73. The SMILES string of the molecule is COc1cc(CC(=O)c2sccc2Br)ncn1. The Kier molecular flexibility index (Phi) is 3.86. The third-order valence-electron chi connectivity index (χ3n) is 2.12. The van der Waals surface area contributed by atoms with Crippen molar-refractivity contribution in [1.29, 1.82) is 0 Å². The van der Waals surface area contributed by atoms with Crippen LogP contribution in [0.4, 0.5) is 0 Å². The number of hydrogen-bond donors (Lipinski definition) is 0. The molecule has 0 aliphatic carbocycles. The van der Waals surface area contributed by atoms with Crippen LogP contribution < -0.4 is 4.74 Å². The molecule has 0 aromatic carbocycles. The van der Waals surface area contributed by atoms with Gasteiger partial charge in [-0.15, -0.1) is 11.3 Å². The van der Waals surface area contributed by atoms with Gasteiger partial charge in [0.1, 0.15) is 6.33 Å². The molecule has 0 aliphatic heterocycles. The molecule has 0 saturated carbocycles. The van der Waals surface area contributed by atoms with Gasteiger partial charge in [0, 0.05) is 10.5 Å². The summed E-state index contributed by atoms with van der Waals surface area (Å²) in [5.41, 5.74) is 0.655. The molecule has 2 aromatic rings. The molecule has 0 atom stereocenters. The highest BCUT2D eigenvalue weighted by atomic mass is 79.9. The fraction of sp³-hybridized carbons (Fsp3) is 0.182. The van der Waals surface area contributed by atoms with Gasteiger partial charge < -0.3 is 4.74 Å². The van der Waals surface area contributed by atoms with Crippen molar-refractivity contribution in [3.8, 4) is 5.88 Å². The van der Waals surface area contributed by atoms with Crippen molar-refractivity contribution in [1.82, 2.24) is 9.97 Å². The van der Waals surface area contributed by atoms with E-state index in [1.54, 1.807) is 6.07 Å². The van der Waals surface area contributed by atoms with E-state index in [4.69, 9.17) is 4.74 Å². The molecule has 0 aliphatic rings. The molecule has 2 heterocycles. The second-order valence-corrected chi connectivity index (χ2v) is 5.02. The Morgan fingerprint density at radius 2 is 2.35 bits per heavy atom. The van der Waals surface area contributed by atoms with Gasteiger partial charge in [-0.1, -0.05) is 0 Å². The summed E-state index contributed by atoms with van der Waals surface area (Å²) in [6.07, 6.45) is 1.64. The molecule has 0 N–H and O–H groups in total. The molecular weight excluding hydrogens is 304 g/mol. The van der Waals surface area contributed by atoms with E-state index in [2.05, 4.69) is 25.9 Å². The lowest BCUT2D eigenvalue weighted by molar-refractivity contribution is 0.0995. The Balaban J connectivity index is 2.16. The van der Waals surface area contributed by atoms with Crippen molar-refractivity contribution < 1.29 is 9.53 Å². The fourth-order valence-electron chi connectivity index (χ4n) is 1.32. The number of rotatable bonds is 4. The van der Waals surface area contributed by atoms with Crippen molar-refractivity contribution in [2.24, 2.45) is 0 Å². The van der Waals surface area contributed by atoms with Gasteiger partial charge in [0.25, 0.3) is 0 Å². The van der Waals surface area contributed by atoms with E-state index >= 15 is 0 Å². The number of hydrogen-bond acceptors (Lipinski definition) is 5. The maximum atomic E-state index is 12.0. The second-order valence-electron chi connectivity index (χ2n) is 3.25. The number of nitrogens with zero attached hydrogens (tertiary/aromatic N) is 2. The first-order valence-electron chi connectivity index (χ1n) is 4.82. The molecule has 2 rings (SSSR count). The Bertz CT molecular complexity index is 542. The molecule has 0 radical (unpaired) electrons. The van der Waals surface area contributed by atoms with Crippen molar-refractivity contribution in [3.05, 3.63) is 38.9 Å². The predicted molar refractivity (Wildman–Crippen MR) is 68.6 cm³/mol. The zero-order chi connectivity index (χ0) is 12.3. The highest BCUT2D eigenvalue weighted by Crippen LogP contribution is 2.24. The van der Waals surface area contributed by atoms with Gasteiger partial charge in [-0.2, -0.15) is 0 Å². The summed E-state index contributed by atoms with van der Waals surface area (Å²) in [6.45, 7) is 0. The van der Waals surface area contributed by atoms with Gasteiger partial charge in [0.05, 0.1) is 24.1 Å². The molecule has 17 heavy (non-hydrogen) atoms. The second kappa shape index (κ2) is 5.37. The van der Waals surface area contributed by atoms with Crippen molar-refractivity contribution >= 4 is 33.0 Å². The summed E-state index contributed by atoms with van der Waals surface area (Å²) in [5.74, 6) is 0.501. The van der Waals surface area contributed by atoms with E-state index in [0.29, 0.717) is 16.5 Å². The molecule has 0 saturated heterocycles. The minimum Gasteiger partial charge on any atom is -0.481 e. The monoisotopic (exact) mass is 312 g/mol. The van der Waals surface area contributed by atoms with Crippen LogP contribution in [0, 0.1) is 0 Å². The van der Waals surface area contributed by atoms with Crippen molar-refractivity contribution in [3.63, 3.8) is 0 Å². The number of carbonyl (C=O) groups is 1. The largest absolute Gasteiger partial charge is 0.481 e. The van der Waals surface area contributed by atoms with E-state index in [-0.39, 0.29) is 12.2 Å². The number of carbonyl (C=O) groups excluding carboxylic acids is 1. The summed E-state index contributed by atoms with van der Waals surface area (Å²) in [5, 5.41) is 1.87. The Hall–Kier alpha value is -1.27. The Labute approximate surface area is 111 Å². The molecule has 0 amide bonds. The summed E-state index contributed by atoms with van der Waals surface area (Å²) >= 11 is 4.76. The third kappa shape index (κ3) is 2.89. The van der Waals surface area contributed by atoms with Crippen LogP contribution in [0.3, 0.4) is 0 Å². The highest BCUT2D eigenvalue weighted by molar-refractivity contribution is 9.10. The molecule has 4 nitrogen and oxygen atoms in total. The smallest absolute Gasteiger partial charge is 0.216 e. The zero-order valence-corrected chi connectivity index (χ0v) is 11.4. The fourth-order valence-corrected chi connectivity index (χ4v) is 2.86. The summed E-state index contributed by atoms with van der Waals surface area (Å²) in [6, 6.07) is 3.53. The normalized spacial score (nSPS) is 10.2. The van der Waals surface area contributed by atoms with E-state index in [0.717, 1.165) is 4.47 Å². The van der Waals surface area contributed by atoms with Crippen LogP contribution in [-0.2, 0) is 6.42 Å². The number of ketones is 1. The minimum absolute atomic E-state index is 0.0348. The standard InChI is InChI=1S/C11H9BrN2O2S/c1-16-10-5-7(13-6-14-10)4-9(15)11-8(12)2-3-17-11/h2-3,5-6H,4H2,1H3. The van der Waals surface area contributed by atoms with E-state index in [1.807, 2.05) is 11.4 Å². The molecule has 2 aromatic heterocycles. The van der Waals surface area contributed by atoms with Crippen LogP contribution in [0.5, 0.6) is 5.88 Å². The van der Waals surface area contributed by atoms with Crippen LogP contribution in [0.2, 0.25) is 0 Å². The van der Waals surface area contributed by atoms with Crippen LogP contribution in [0.1, 0.15) is 15.4 Å². The van der Waals surface area contributed by atoms with E-state index < -0.39 is 0 Å². The van der Waals surface area contributed by atoms with Crippen molar-refractivity contribution in [2.45, 2.75) is 6.42 Å². The molecule has 0 unspecified atom stereocenters. The molecular formula is C11H9BrN2O2S.